The Hall–Kier alpha value is -1.98. The highest BCUT2D eigenvalue weighted by Gasteiger charge is 2.19. The molecule has 1 amide bonds. The highest BCUT2D eigenvalue weighted by atomic mass is 19.2. The van der Waals surface area contributed by atoms with Gasteiger partial charge in [-0.1, -0.05) is 12.1 Å². The van der Waals surface area contributed by atoms with Crippen LogP contribution in [0.15, 0.2) is 18.2 Å². The van der Waals surface area contributed by atoms with Crippen LogP contribution in [0.4, 0.5) is 8.78 Å². The molecule has 0 aromatic heterocycles. The quantitative estimate of drug-likeness (QED) is 0.842. The van der Waals surface area contributed by atoms with E-state index in [1.54, 1.807) is 13.8 Å². The molecule has 1 rings (SSSR count). The summed E-state index contributed by atoms with van der Waals surface area (Å²) >= 11 is 0. The second-order valence-electron chi connectivity index (χ2n) is 5.07. The molecule has 0 unspecified atom stereocenters. The van der Waals surface area contributed by atoms with Gasteiger partial charge in [-0.3, -0.25) is 9.59 Å². The molecule has 0 radical (unpaired) electrons. The number of carbonyl (C=O) groups is 2. The first-order valence-corrected chi connectivity index (χ1v) is 6.77. The van der Waals surface area contributed by atoms with Gasteiger partial charge in [0.05, 0.1) is 6.42 Å². The third-order valence-electron chi connectivity index (χ3n) is 3.11. The lowest BCUT2D eigenvalue weighted by Gasteiger charge is -2.26. The van der Waals surface area contributed by atoms with Crippen LogP contribution >= 0.6 is 0 Å². The van der Waals surface area contributed by atoms with Gasteiger partial charge in [0.25, 0.3) is 0 Å². The van der Waals surface area contributed by atoms with E-state index in [1.807, 2.05) is 0 Å². The molecule has 0 bridgehead atoms. The Morgan fingerprint density at radius 2 is 1.95 bits per heavy atom. The van der Waals surface area contributed by atoms with Gasteiger partial charge in [0.1, 0.15) is 0 Å². The highest BCUT2D eigenvalue weighted by Crippen LogP contribution is 2.14. The molecule has 1 aromatic rings. The van der Waals surface area contributed by atoms with Crippen LogP contribution in [0.5, 0.6) is 0 Å². The zero-order valence-corrected chi connectivity index (χ0v) is 12.1. The fourth-order valence-corrected chi connectivity index (χ4v) is 2.02. The van der Waals surface area contributed by atoms with E-state index in [0.29, 0.717) is 6.42 Å². The van der Waals surface area contributed by atoms with Crippen molar-refractivity contribution in [2.75, 3.05) is 6.54 Å². The number of hydrogen-bond acceptors (Lipinski definition) is 2. The average molecular weight is 299 g/mol. The fraction of sp³-hybridized carbons (Fsp3) is 0.467. The zero-order chi connectivity index (χ0) is 16.0. The zero-order valence-electron chi connectivity index (χ0n) is 12.1. The van der Waals surface area contributed by atoms with Crippen molar-refractivity contribution < 1.29 is 23.5 Å². The summed E-state index contributed by atoms with van der Waals surface area (Å²) in [6.45, 7) is 3.86. The summed E-state index contributed by atoms with van der Waals surface area (Å²) in [5.74, 6) is -3.27. The van der Waals surface area contributed by atoms with E-state index in [0.717, 1.165) is 6.07 Å². The molecule has 1 N–H and O–H groups in total. The normalized spacial score (nSPS) is 10.7. The molecule has 0 atom stereocenters. The van der Waals surface area contributed by atoms with Gasteiger partial charge < -0.3 is 10.0 Å². The molecular formula is C15H19F2NO3. The Morgan fingerprint density at radius 1 is 1.29 bits per heavy atom. The highest BCUT2D eigenvalue weighted by molar-refractivity contribution is 5.79. The van der Waals surface area contributed by atoms with Crippen molar-refractivity contribution in [3.8, 4) is 0 Å². The number of halogens is 2. The number of rotatable bonds is 7. The summed E-state index contributed by atoms with van der Waals surface area (Å²) in [7, 11) is 0. The van der Waals surface area contributed by atoms with Crippen LogP contribution in [0.1, 0.15) is 32.3 Å². The molecule has 4 nitrogen and oxygen atoms in total. The number of aliphatic carboxylic acids is 1. The number of nitrogens with zero attached hydrogens (tertiary/aromatic N) is 1. The number of benzene rings is 1. The number of amides is 1. The summed E-state index contributed by atoms with van der Waals surface area (Å²) in [6.07, 6.45) is 0.0462. The van der Waals surface area contributed by atoms with Crippen LogP contribution in [0.25, 0.3) is 0 Å². The van der Waals surface area contributed by atoms with Gasteiger partial charge in [-0.15, -0.1) is 0 Å². The number of carboxylic acids is 1. The second kappa shape index (κ2) is 7.71. The SMILES string of the molecule is CC(C)N(CCCC(=O)O)C(=O)Cc1cccc(F)c1F. The maximum Gasteiger partial charge on any atom is 0.303 e. The van der Waals surface area contributed by atoms with Crippen LogP contribution in [0.3, 0.4) is 0 Å². The lowest BCUT2D eigenvalue weighted by Crippen LogP contribution is -2.39. The topological polar surface area (TPSA) is 57.6 Å². The standard InChI is InChI=1S/C15H19F2NO3/c1-10(2)18(8-4-7-14(20)21)13(19)9-11-5-3-6-12(16)15(11)17/h3,5-6,10H,4,7-9H2,1-2H3,(H,20,21). The maximum absolute atomic E-state index is 13.6. The molecule has 0 aliphatic rings. The first-order chi connectivity index (χ1) is 9.82. The monoisotopic (exact) mass is 299 g/mol. The molecule has 21 heavy (non-hydrogen) atoms. The number of hydrogen-bond donors (Lipinski definition) is 1. The van der Waals surface area contributed by atoms with Gasteiger partial charge in [0.15, 0.2) is 11.6 Å². The predicted octanol–water partition coefficient (Wildman–Crippen LogP) is 2.61. The van der Waals surface area contributed by atoms with Crippen LogP contribution in [0, 0.1) is 11.6 Å². The van der Waals surface area contributed by atoms with Gasteiger partial charge in [0.2, 0.25) is 5.91 Å². The van der Waals surface area contributed by atoms with E-state index >= 15 is 0 Å². The van der Waals surface area contributed by atoms with E-state index in [2.05, 4.69) is 0 Å². The van der Waals surface area contributed by atoms with Gasteiger partial charge >= 0.3 is 5.97 Å². The van der Waals surface area contributed by atoms with Crippen molar-refractivity contribution in [3.63, 3.8) is 0 Å². The van der Waals surface area contributed by atoms with Gasteiger partial charge in [0, 0.05) is 24.6 Å². The summed E-state index contributed by atoms with van der Waals surface area (Å²) in [6, 6.07) is 3.58. The van der Waals surface area contributed by atoms with Gasteiger partial charge in [-0.05, 0) is 26.3 Å². The van der Waals surface area contributed by atoms with Crippen molar-refractivity contribution in [1.29, 1.82) is 0 Å². The van der Waals surface area contributed by atoms with E-state index in [9.17, 15) is 18.4 Å². The summed E-state index contributed by atoms with van der Waals surface area (Å²) in [4.78, 5) is 24.2. The van der Waals surface area contributed by atoms with Gasteiger partial charge in [-0.2, -0.15) is 0 Å². The fourth-order valence-electron chi connectivity index (χ4n) is 2.02. The largest absolute Gasteiger partial charge is 0.481 e. The van der Waals surface area contributed by atoms with E-state index in [1.165, 1.54) is 17.0 Å². The maximum atomic E-state index is 13.6. The Bertz CT molecular complexity index is 518. The second-order valence-corrected chi connectivity index (χ2v) is 5.07. The van der Waals surface area contributed by atoms with E-state index < -0.39 is 17.6 Å². The van der Waals surface area contributed by atoms with Crippen molar-refractivity contribution >= 4 is 11.9 Å². The van der Waals surface area contributed by atoms with Crippen LogP contribution in [-0.2, 0) is 16.0 Å². The summed E-state index contributed by atoms with van der Waals surface area (Å²) in [5.41, 5.74) is 0.00360. The van der Waals surface area contributed by atoms with Crippen LogP contribution in [0.2, 0.25) is 0 Å². The van der Waals surface area contributed by atoms with Crippen molar-refractivity contribution in [1.82, 2.24) is 4.90 Å². The molecule has 0 aliphatic carbocycles. The van der Waals surface area contributed by atoms with Crippen molar-refractivity contribution in [3.05, 3.63) is 35.4 Å². The van der Waals surface area contributed by atoms with Gasteiger partial charge in [-0.25, -0.2) is 8.78 Å². The third-order valence-corrected chi connectivity index (χ3v) is 3.11. The lowest BCUT2D eigenvalue weighted by molar-refractivity contribution is -0.138. The average Bonchev–Trinajstić information content (AvgIpc) is 2.39. The molecule has 0 spiro atoms. The first-order valence-electron chi connectivity index (χ1n) is 6.77. The minimum absolute atomic E-state index is 0.00360. The molecule has 0 saturated heterocycles. The van der Waals surface area contributed by atoms with Crippen LogP contribution < -0.4 is 0 Å². The number of carbonyl (C=O) groups excluding carboxylic acids is 1. The summed E-state index contributed by atoms with van der Waals surface area (Å²) in [5, 5.41) is 8.61. The molecule has 0 fully saturated rings. The molecule has 6 heteroatoms. The van der Waals surface area contributed by atoms with Crippen molar-refractivity contribution in [2.45, 2.75) is 39.2 Å². The van der Waals surface area contributed by atoms with Crippen LogP contribution in [-0.4, -0.2) is 34.5 Å². The molecular weight excluding hydrogens is 280 g/mol. The Morgan fingerprint density at radius 3 is 2.52 bits per heavy atom. The molecule has 0 saturated carbocycles. The molecule has 116 valence electrons. The lowest BCUT2D eigenvalue weighted by atomic mass is 10.1. The van der Waals surface area contributed by atoms with Crippen molar-refractivity contribution in [2.24, 2.45) is 0 Å². The Labute approximate surface area is 122 Å². The molecule has 0 heterocycles. The van der Waals surface area contributed by atoms with E-state index in [-0.39, 0.29) is 36.9 Å². The summed E-state index contributed by atoms with van der Waals surface area (Å²) < 4.78 is 26.7. The minimum Gasteiger partial charge on any atom is -0.481 e. The Balaban J connectivity index is 2.73. The smallest absolute Gasteiger partial charge is 0.303 e. The molecule has 0 aliphatic heterocycles. The third kappa shape index (κ3) is 5.13. The number of carboxylic acid groups (broad SMARTS) is 1. The van der Waals surface area contributed by atoms with E-state index in [4.69, 9.17) is 5.11 Å². The first kappa shape index (κ1) is 17.1. The predicted molar refractivity (Wildman–Crippen MR) is 73.8 cm³/mol. The minimum atomic E-state index is -1.01. The Kier molecular flexibility index (Phi) is 6.27. The molecule has 1 aromatic carbocycles.